The number of nitrogens with two attached hydrogens (primary N) is 1. The fourth-order valence-corrected chi connectivity index (χ4v) is 2.68. The fourth-order valence-electron chi connectivity index (χ4n) is 2.68. The first kappa shape index (κ1) is 11.7. The Bertz CT molecular complexity index is 555. The maximum absolute atomic E-state index is 6.40. The lowest BCUT2D eigenvalue weighted by atomic mass is 9.90. The van der Waals surface area contributed by atoms with Crippen molar-refractivity contribution in [3.8, 4) is 0 Å². The van der Waals surface area contributed by atoms with Gasteiger partial charge in [0.15, 0.2) is 0 Å². The van der Waals surface area contributed by atoms with Gasteiger partial charge in [-0.25, -0.2) is 4.98 Å². The van der Waals surface area contributed by atoms with Crippen LogP contribution in [0.25, 0.3) is 11.0 Å². The maximum atomic E-state index is 6.40. The molecule has 1 fully saturated rings. The summed E-state index contributed by atoms with van der Waals surface area (Å²) in [5.41, 5.74) is 8.34. The van der Waals surface area contributed by atoms with Crippen LogP contribution in [0, 0.1) is 0 Å². The average Bonchev–Trinajstić information content (AvgIpc) is 2.67. The van der Waals surface area contributed by atoms with Crippen LogP contribution in [0.1, 0.15) is 18.7 Å². The Hall–Kier alpha value is -1.39. The minimum absolute atomic E-state index is 0.257. The number of ether oxygens (including phenoxy) is 1. The van der Waals surface area contributed by atoms with Gasteiger partial charge in [0.25, 0.3) is 0 Å². The van der Waals surface area contributed by atoms with E-state index in [9.17, 15) is 0 Å². The van der Waals surface area contributed by atoms with Gasteiger partial charge in [0, 0.05) is 25.6 Å². The van der Waals surface area contributed by atoms with Gasteiger partial charge < -0.3 is 15.0 Å². The number of aryl methyl sites for hydroxylation is 1. The molecular formula is C14H19N3O. The van der Waals surface area contributed by atoms with E-state index in [1.807, 2.05) is 18.2 Å². The molecule has 4 nitrogen and oxygen atoms in total. The third kappa shape index (κ3) is 2.02. The van der Waals surface area contributed by atoms with Crippen LogP contribution in [0.15, 0.2) is 24.3 Å². The zero-order valence-corrected chi connectivity index (χ0v) is 10.7. The van der Waals surface area contributed by atoms with Crippen molar-refractivity contribution in [2.24, 2.45) is 12.8 Å². The first-order valence-corrected chi connectivity index (χ1v) is 6.45. The lowest BCUT2D eigenvalue weighted by Gasteiger charge is -2.32. The molecule has 1 aliphatic heterocycles. The van der Waals surface area contributed by atoms with Crippen LogP contribution in [0.2, 0.25) is 0 Å². The van der Waals surface area contributed by atoms with Gasteiger partial charge in [-0.15, -0.1) is 0 Å². The van der Waals surface area contributed by atoms with Gasteiger partial charge in [-0.05, 0) is 25.0 Å². The molecule has 96 valence electrons. The molecule has 4 heteroatoms. The summed E-state index contributed by atoms with van der Waals surface area (Å²) in [6.07, 6.45) is 2.83. The van der Waals surface area contributed by atoms with Crippen molar-refractivity contribution in [2.75, 3.05) is 13.2 Å². The summed E-state index contributed by atoms with van der Waals surface area (Å²) in [7, 11) is 2.05. The second kappa shape index (κ2) is 4.37. The molecule has 2 N–H and O–H groups in total. The van der Waals surface area contributed by atoms with Gasteiger partial charge in [0.05, 0.1) is 17.6 Å². The molecule has 1 aromatic carbocycles. The van der Waals surface area contributed by atoms with Crippen LogP contribution in [0.5, 0.6) is 0 Å². The monoisotopic (exact) mass is 245 g/mol. The van der Waals surface area contributed by atoms with E-state index in [0.29, 0.717) is 6.61 Å². The molecule has 0 saturated carbocycles. The van der Waals surface area contributed by atoms with Crippen LogP contribution >= 0.6 is 0 Å². The van der Waals surface area contributed by atoms with Crippen molar-refractivity contribution >= 4 is 11.0 Å². The molecule has 1 saturated heterocycles. The predicted molar refractivity (Wildman–Crippen MR) is 71.4 cm³/mol. The Labute approximate surface area is 107 Å². The van der Waals surface area contributed by atoms with E-state index < -0.39 is 0 Å². The molecule has 1 unspecified atom stereocenters. The fraction of sp³-hybridized carbons (Fsp3) is 0.500. The van der Waals surface area contributed by atoms with Gasteiger partial charge in [-0.1, -0.05) is 12.1 Å². The molecule has 2 aromatic rings. The van der Waals surface area contributed by atoms with Crippen LogP contribution in [0.4, 0.5) is 0 Å². The van der Waals surface area contributed by atoms with E-state index in [0.717, 1.165) is 42.7 Å². The Kier molecular flexibility index (Phi) is 2.84. The number of imidazole rings is 1. The molecule has 1 aliphatic rings. The number of hydrogen-bond acceptors (Lipinski definition) is 3. The van der Waals surface area contributed by atoms with Gasteiger partial charge in [-0.3, -0.25) is 0 Å². The van der Waals surface area contributed by atoms with Crippen molar-refractivity contribution < 1.29 is 4.74 Å². The Morgan fingerprint density at radius 1 is 1.44 bits per heavy atom. The van der Waals surface area contributed by atoms with Crippen molar-refractivity contribution in [3.05, 3.63) is 30.1 Å². The summed E-state index contributed by atoms with van der Waals surface area (Å²) in [5, 5.41) is 0. The minimum Gasteiger partial charge on any atom is -0.380 e. The van der Waals surface area contributed by atoms with E-state index in [1.54, 1.807) is 0 Å². The molecule has 1 aromatic heterocycles. The van der Waals surface area contributed by atoms with Crippen LogP contribution in [0.3, 0.4) is 0 Å². The average molecular weight is 245 g/mol. The van der Waals surface area contributed by atoms with Crippen molar-refractivity contribution in [1.82, 2.24) is 9.55 Å². The molecule has 2 heterocycles. The minimum atomic E-state index is -0.257. The highest BCUT2D eigenvalue weighted by molar-refractivity contribution is 5.75. The standard InChI is InChI=1S/C14H19N3O/c1-17-12-6-3-2-5-11(12)16-13(17)9-14(15)7-4-8-18-10-14/h2-3,5-6H,4,7-10,15H2,1H3. The second-order valence-electron chi connectivity index (χ2n) is 5.27. The summed E-state index contributed by atoms with van der Waals surface area (Å²) < 4.78 is 7.65. The van der Waals surface area contributed by atoms with E-state index in [1.165, 1.54) is 0 Å². The Morgan fingerprint density at radius 2 is 2.28 bits per heavy atom. The number of fused-ring (bicyclic) bond motifs is 1. The van der Waals surface area contributed by atoms with Crippen LogP contribution in [-0.4, -0.2) is 28.3 Å². The van der Waals surface area contributed by atoms with Crippen LogP contribution in [-0.2, 0) is 18.2 Å². The molecule has 1 atom stereocenters. The van der Waals surface area contributed by atoms with Crippen LogP contribution < -0.4 is 5.73 Å². The normalized spacial score (nSPS) is 24.6. The molecular weight excluding hydrogens is 226 g/mol. The number of para-hydroxylation sites is 2. The smallest absolute Gasteiger partial charge is 0.111 e. The van der Waals surface area contributed by atoms with E-state index in [-0.39, 0.29) is 5.54 Å². The third-order valence-electron chi connectivity index (χ3n) is 3.74. The molecule has 0 amide bonds. The molecule has 0 bridgehead atoms. The SMILES string of the molecule is Cn1c(CC2(N)CCCOC2)nc2ccccc21. The molecule has 0 radical (unpaired) electrons. The first-order valence-electron chi connectivity index (χ1n) is 6.45. The topological polar surface area (TPSA) is 53.1 Å². The van der Waals surface area contributed by atoms with E-state index in [4.69, 9.17) is 10.5 Å². The quantitative estimate of drug-likeness (QED) is 0.874. The summed E-state index contributed by atoms with van der Waals surface area (Å²) in [6.45, 7) is 1.47. The molecule has 3 rings (SSSR count). The lowest BCUT2D eigenvalue weighted by Crippen LogP contribution is -2.49. The highest BCUT2D eigenvalue weighted by Crippen LogP contribution is 2.23. The zero-order chi connectivity index (χ0) is 12.6. The Balaban J connectivity index is 1.92. The number of nitrogens with zero attached hydrogens (tertiary/aromatic N) is 2. The second-order valence-corrected chi connectivity index (χ2v) is 5.27. The van der Waals surface area contributed by atoms with Crippen molar-refractivity contribution in [3.63, 3.8) is 0 Å². The lowest BCUT2D eigenvalue weighted by molar-refractivity contribution is 0.0372. The molecule has 18 heavy (non-hydrogen) atoms. The number of rotatable bonds is 2. The predicted octanol–water partition coefficient (Wildman–Crippen LogP) is 1.62. The third-order valence-corrected chi connectivity index (χ3v) is 3.74. The number of aromatic nitrogens is 2. The number of benzene rings is 1. The van der Waals surface area contributed by atoms with Crippen molar-refractivity contribution in [2.45, 2.75) is 24.8 Å². The summed E-state index contributed by atoms with van der Waals surface area (Å²) in [6, 6.07) is 8.18. The van der Waals surface area contributed by atoms with E-state index >= 15 is 0 Å². The maximum Gasteiger partial charge on any atom is 0.111 e. The highest BCUT2D eigenvalue weighted by atomic mass is 16.5. The highest BCUT2D eigenvalue weighted by Gasteiger charge is 2.30. The first-order chi connectivity index (χ1) is 8.68. The molecule has 0 aliphatic carbocycles. The molecule has 0 spiro atoms. The largest absolute Gasteiger partial charge is 0.380 e. The van der Waals surface area contributed by atoms with Gasteiger partial charge in [-0.2, -0.15) is 0 Å². The summed E-state index contributed by atoms with van der Waals surface area (Å²) in [4.78, 5) is 4.68. The summed E-state index contributed by atoms with van der Waals surface area (Å²) >= 11 is 0. The van der Waals surface area contributed by atoms with Crippen molar-refractivity contribution in [1.29, 1.82) is 0 Å². The number of hydrogen-bond donors (Lipinski definition) is 1. The van der Waals surface area contributed by atoms with Gasteiger partial charge >= 0.3 is 0 Å². The summed E-state index contributed by atoms with van der Waals surface area (Å²) in [5.74, 6) is 1.05. The zero-order valence-electron chi connectivity index (χ0n) is 10.7. The van der Waals surface area contributed by atoms with Gasteiger partial charge in [0.1, 0.15) is 5.82 Å². The van der Waals surface area contributed by atoms with Gasteiger partial charge in [0.2, 0.25) is 0 Å². The van der Waals surface area contributed by atoms with E-state index in [2.05, 4.69) is 22.7 Å². The Morgan fingerprint density at radius 3 is 3.00 bits per heavy atom.